The Bertz CT molecular complexity index is 1440. The van der Waals surface area contributed by atoms with E-state index in [9.17, 15) is 0 Å². The van der Waals surface area contributed by atoms with E-state index in [4.69, 9.17) is 0 Å². The molecule has 40 heavy (non-hydrogen) atoms. The Morgan fingerprint density at radius 1 is 0.475 bits per heavy atom. The molecule has 2 atom stereocenters. The number of benzene rings is 4. The van der Waals surface area contributed by atoms with Crippen molar-refractivity contribution >= 4 is 21.5 Å². The van der Waals surface area contributed by atoms with Crippen molar-refractivity contribution < 1.29 is 0 Å². The predicted octanol–water partition coefficient (Wildman–Crippen LogP) is 12.4. The average molecular weight is 535 g/mol. The van der Waals surface area contributed by atoms with Crippen LogP contribution < -0.4 is 0 Å². The zero-order valence-electron chi connectivity index (χ0n) is 26.8. The van der Waals surface area contributed by atoms with Gasteiger partial charge < -0.3 is 0 Å². The van der Waals surface area contributed by atoms with E-state index in [2.05, 4.69) is 104 Å². The number of fused-ring (bicyclic) bond motifs is 2. The van der Waals surface area contributed by atoms with E-state index in [1.54, 1.807) is 11.1 Å². The van der Waals surface area contributed by atoms with Crippen LogP contribution in [0, 0.1) is 39.5 Å². The van der Waals surface area contributed by atoms with Crippen molar-refractivity contribution in [1.29, 1.82) is 0 Å². The van der Waals surface area contributed by atoms with Crippen LogP contribution in [0.25, 0.3) is 32.7 Å². The highest BCUT2D eigenvalue weighted by atomic mass is 14.2. The topological polar surface area (TPSA) is 0 Å². The Hall–Kier alpha value is -2.60. The van der Waals surface area contributed by atoms with Gasteiger partial charge in [-0.2, -0.15) is 0 Å². The number of rotatable bonds is 13. The molecule has 0 saturated carbocycles. The first-order chi connectivity index (χ1) is 19.3. The van der Waals surface area contributed by atoms with Crippen LogP contribution in [0.1, 0.15) is 112 Å². The second-order valence-corrected chi connectivity index (χ2v) is 12.9. The van der Waals surface area contributed by atoms with E-state index < -0.39 is 0 Å². The molecule has 0 nitrogen and oxygen atoms in total. The molecule has 4 rings (SSSR count). The minimum absolute atomic E-state index is 0.749. The van der Waals surface area contributed by atoms with Crippen molar-refractivity contribution in [3.63, 3.8) is 0 Å². The van der Waals surface area contributed by atoms with Gasteiger partial charge in [0.2, 0.25) is 0 Å². The molecular formula is C40H54. The molecule has 0 heteroatoms. The van der Waals surface area contributed by atoms with Crippen molar-refractivity contribution in [3.05, 3.63) is 81.9 Å². The fourth-order valence-electron chi connectivity index (χ4n) is 6.96. The standard InChI is InChI=1S/C40H54/c1-9-13-15-31(11-3)22-35-18-28(6)20-39-36(23-32(12-4)16-14-10-2)24-34(26-40(35)39)33-21-30(8)37-19-27(5)17-29(7)38(37)25-33/h17-21,24-26,31-32H,9-16,22-23H2,1-8H3. The molecular weight excluding hydrogens is 480 g/mol. The van der Waals surface area contributed by atoms with Gasteiger partial charge in [0.05, 0.1) is 0 Å². The maximum Gasteiger partial charge on any atom is -0.0143 e. The van der Waals surface area contributed by atoms with Gasteiger partial charge in [-0.3, -0.25) is 0 Å². The third-order valence-electron chi connectivity index (χ3n) is 9.45. The quantitative estimate of drug-likeness (QED) is 0.160. The highest BCUT2D eigenvalue weighted by molar-refractivity contribution is 5.97. The highest BCUT2D eigenvalue weighted by Gasteiger charge is 2.17. The number of hydrogen-bond donors (Lipinski definition) is 0. The van der Waals surface area contributed by atoms with Crippen molar-refractivity contribution in [2.45, 2.75) is 120 Å². The molecule has 214 valence electrons. The smallest absolute Gasteiger partial charge is 0.0143 e. The minimum Gasteiger partial charge on any atom is -0.0654 e. The first-order valence-corrected chi connectivity index (χ1v) is 16.4. The average Bonchev–Trinajstić information content (AvgIpc) is 2.93. The zero-order chi connectivity index (χ0) is 28.8. The van der Waals surface area contributed by atoms with Gasteiger partial charge in [-0.25, -0.2) is 0 Å². The van der Waals surface area contributed by atoms with Crippen LogP contribution in [-0.2, 0) is 12.8 Å². The molecule has 4 aromatic carbocycles. The van der Waals surface area contributed by atoms with E-state index in [0.29, 0.717) is 0 Å². The molecule has 0 aliphatic carbocycles. The molecule has 0 bridgehead atoms. The largest absolute Gasteiger partial charge is 0.0654 e. The second-order valence-electron chi connectivity index (χ2n) is 12.9. The third kappa shape index (κ3) is 6.99. The van der Waals surface area contributed by atoms with Gasteiger partial charge in [-0.15, -0.1) is 0 Å². The molecule has 0 radical (unpaired) electrons. The minimum atomic E-state index is 0.749. The molecule has 0 heterocycles. The fourth-order valence-corrected chi connectivity index (χ4v) is 6.96. The summed E-state index contributed by atoms with van der Waals surface area (Å²) in [6, 6.07) is 19.7. The molecule has 0 saturated heterocycles. The van der Waals surface area contributed by atoms with Gasteiger partial charge in [0.15, 0.2) is 0 Å². The maximum atomic E-state index is 2.55. The number of unbranched alkanes of at least 4 members (excludes halogenated alkanes) is 2. The molecule has 0 aromatic heterocycles. The molecule has 0 spiro atoms. The number of aryl methyl sites for hydroxylation is 4. The summed E-state index contributed by atoms with van der Waals surface area (Å²) in [6.07, 6.45) is 12.8. The van der Waals surface area contributed by atoms with E-state index in [1.165, 1.54) is 119 Å². The first kappa shape index (κ1) is 30.4. The Morgan fingerprint density at radius 2 is 0.925 bits per heavy atom. The monoisotopic (exact) mass is 534 g/mol. The van der Waals surface area contributed by atoms with Gasteiger partial charge in [0.1, 0.15) is 0 Å². The van der Waals surface area contributed by atoms with Gasteiger partial charge >= 0.3 is 0 Å². The second kappa shape index (κ2) is 13.8. The van der Waals surface area contributed by atoms with Crippen LogP contribution in [0.3, 0.4) is 0 Å². The summed E-state index contributed by atoms with van der Waals surface area (Å²) in [6.45, 7) is 18.5. The summed E-state index contributed by atoms with van der Waals surface area (Å²) in [5.74, 6) is 1.51. The van der Waals surface area contributed by atoms with Gasteiger partial charge in [0, 0.05) is 0 Å². The summed E-state index contributed by atoms with van der Waals surface area (Å²) in [5.41, 5.74) is 11.4. The van der Waals surface area contributed by atoms with Crippen LogP contribution in [0.15, 0.2) is 48.5 Å². The first-order valence-electron chi connectivity index (χ1n) is 16.4. The summed E-state index contributed by atoms with van der Waals surface area (Å²) < 4.78 is 0. The molecule has 0 aliphatic rings. The van der Waals surface area contributed by atoms with Gasteiger partial charge in [-0.1, -0.05) is 127 Å². The lowest BCUT2D eigenvalue weighted by molar-refractivity contribution is 0.449. The van der Waals surface area contributed by atoms with E-state index in [-0.39, 0.29) is 0 Å². The summed E-state index contributed by atoms with van der Waals surface area (Å²) in [5, 5.41) is 5.79. The van der Waals surface area contributed by atoms with Crippen molar-refractivity contribution in [3.8, 4) is 11.1 Å². The molecule has 0 N–H and O–H groups in total. The SMILES string of the molecule is CCCCC(CC)Cc1cc(-c2cc(C)c3cc(C)cc(C)c3c2)cc2c(CC(CC)CCCC)cc(C)cc12. The van der Waals surface area contributed by atoms with Crippen molar-refractivity contribution in [2.75, 3.05) is 0 Å². The Balaban J connectivity index is 1.92. The van der Waals surface area contributed by atoms with Crippen LogP contribution in [0.4, 0.5) is 0 Å². The molecule has 0 amide bonds. The van der Waals surface area contributed by atoms with Gasteiger partial charge in [-0.05, 0) is 119 Å². The molecule has 0 aliphatic heterocycles. The third-order valence-corrected chi connectivity index (χ3v) is 9.45. The molecule has 0 fully saturated rings. The lowest BCUT2D eigenvalue weighted by Crippen LogP contribution is -2.07. The van der Waals surface area contributed by atoms with Crippen LogP contribution in [0.2, 0.25) is 0 Å². The summed E-state index contributed by atoms with van der Waals surface area (Å²) in [7, 11) is 0. The van der Waals surface area contributed by atoms with Crippen LogP contribution in [-0.4, -0.2) is 0 Å². The lowest BCUT2D eigenvalue weighted by Gasteiger charge is -2.21. The normalized spacial score (nSPS) is 13.3. The Kier molecular flexibility index (Phi) is 10.5. The summed E-state index contributed by atoms with van der Waals surface area (Å²) in [4.78, 5) is 0. The lowest BCUT2D eigenvalue weighted by atomic mass is 9.83. The van der Waals surface area contributed by atoms with Gasteiger partial charge in [0.25, 0.3) is 0 Å². The number of hydrogen-bond acceptors (Lipinski definition) is 0. The Morgan fingerprint density at radius 3 is 1.52 bits per heavy atom. The molecule has 2 unspecified atom stereocenters. The van der Waals surface area contributed by atoms with E-state index in [0.717, 1.165) is 11.8 Å². The van der Waals surface area contributed by atoms with E-state index in [1.807, 2.05) is 0 Å². The zero-order valence-corrected chi connectivity index (χ0v) is 26.8. The van der Waals surface area contributed by atoms with Crippen molar-refractivity contribution in [2.24, 2.45) is 11.8 Å². The van der Waals surface area contributed by atoms with E-state index >= 15 is 0 Å². The van der Waals surface area contributed by atoms with Crippen LogP contribution >= 0.6 is 0 Å². The van der Waals surface area contributed by atoms with Crippen molar-refractivity contribution in [1.82, 2.24) is 0 Å². The fraction of sp³-hybridized carbons (Fsp3) is 0.500. The predicted molar refractivity (Wildman–Crippen MR) is 180 cm³/mol. The summed E-state index contributed by atoms with van der Waals surface area (Å²) >= 11 is 0. The Labute approximate surface area is 245 Å². The molecule has 4 aromatic rings. The maximum absolute atomic E-state index is 2.55. The van der Waals surface area contributed by atoms with Crippen LogP contribution in [0.5, 0.6) is 0 Å². The highest BCUT2D eigenvalue weighted by Crippen LogP contribution is 2.37.